The number of aryl methyl sites for hydroxylation is 1. The Morgan fingerprint density at radius 1 is 1.33 bits per heavy atom. The van der Waals surface area contributed by atoms with Crippen molar-refractivity contribution in [3.8, 4) is 0 Å². The van der Waals surface area contributed by atoms with Crippen LogP contribution in [0.25, 0.3) is 6.08 Å². The number of benzene rings is 1. The van der Waals surface area contributed by atoms with Crippen LogP contribution in [0.15, 0.2) is 35.7 Å². The second kappa shape index (κ2) is 6.81. The molecule has 108 valence electrons. The van der Waals surface area contributed by atoms with Gasteiger partial charge in [-0.1, -0.05) is 12.1 Å². The topological polar surface area (TPSA) is 79.3 Å². The van der Waals surface area contributed by atoms with Crippen LogP contribution in [0, 0.1) is 6.92 Å². The first-order valence-corrected chi connectivity index (χ1v) is 7.13. The third kappa shape index (κ3) is 4.85. The molecule has 0 aliphatic carbocycles. The Bertz CT molecular complexity index is 674. The Kier molecular flexibility index (Phi) is 4.84. The summed E-state index contributed by atoms with van der Waals surface area (Å²) in [5.41, 5.74) is 2.06. The van der Waals surface area contributed by atoms with Gasteiger partial charge in [-0.15, -0.1) is 11.3 Å². The highest BCUT2D eigenvalue weighted by molar-refractivity contribution is 7.09. The summed E-state index contributed by atoms with van der Waals surface area (Å²) in [5, 5.41) is 14.2. The number of carboxylic acid groups (broad SMARTS) is 1. The maximum absolute atomic E-state index is 11.7. The first-order valence-electron chi connectivity index (χ1n) is 6.25. The van der Waals surface area contributed by atoms with Gasteiger partial charge in [0, 0.05) is 17.1 Å². The molecule has 0 fully saturated rings. The number of hydrogen-bond donors (Lipinski definition) is 2. The van der Waals surface area contributed by atoms with E-state index in [1.807, 2.05) is 12.3 Å². The molecule has 1 heterocycles. The zero-order chi connectivity index (χ0) is 15.2. The third-order valence-corrected chi connectivity index (χ3v) is 3.41. The molecule has 0 saturated carbocycles. The SMILES string of the molecule is Cc1nc(/C=C/C(=O)Nc2ccc(CC(=O)O)cc2)cs1. The minimum absolute atomic E-state index is 0.0305. The fraction of sp³-hybridized carbons (Fsp3) is 0.133. The summed E-state index contributed by atoms with van der Waals surface area (Å²) in [4.78, 5) is 26.5. The van der Waals surface area contributed by atoms with E-state index in [4.69, 9.17) is 5.11 Å². The van der Waals surface area contributed by atoms with Crippen molar-refractivity contribution in [3.05, 3.63) is 52.0 Å². The lowest BCUT2D eigenvalue weighted by Crippen LogP contribution is -2.08. The highest BCUT2D eigenvalue weighted by atomic mass is 32.1. The van der Waals surface area contributed by atoms with Crippen LogP contribution in [0.3, 0.4) is 0 Å². The summed E-state index contributed by atoms with van der Waals surface area (Å²) >= 11 is 1.52. The number of aliphatic carboxylic acids is 1. The molecule has 0 spiro atoms. The fourth-order valence-electron chi connectivity index (χ4n) is 1.68. The number of carbonyl (C=O) groups excluding carboxylic acids is 1. The summed E-state index contributed by atoms with van der Waals surface area (Å²) in [5.74, 6) is -1.14. The van der Waals surface area contributed by atoms with Crippen LogP contribution < -0.4 is 5.32 Å². The van der Waals surface area contributed by atoms with E-state index in [0.717, 1.165) is 10.7 Å². The van der Waals surface area contributed by atoms with Crippen LogP contribution >= 0.6 is 11.3 Å². The Labute approximate surface area is 126 Å². The van der Waals surface area contributed by atoms with Crippen molar-refractivity contribution in [2.75, 3.05) is 5.32 Å². The molecule has 0 bridgehead atoms. The van der Waals surface area contributed by atoms with E-state index in [0.29, 0.717) is 11.3 Å². The zero-order valence-corrected chi connectivity index (χ0v) is 12.2. The van der Waals surface area contributed by atoms with Gasteiger partial charge in [0.2, 0.25) is 5.91 Å². The van der Waals surface area contributed by atoms with Crippen molar-refractivity contribution in [1.29, 1.82) is 0 Å². The minimum atomic E-state index is -0.881. The number of amides is 1. The summed E-state index contributed by atoms with van der Waals surface area (Å²) in [6.07, 6.45) is 3.04. The van der Waals surface area contributed by atoms with Gasteiger partial charge in [0.05, 0.1) is 17.1 Å². The van der Waals surface area contributed by atoms with Gasteiger partial charge in [-0.2, -0.15) is 0 Å². The molecule has 0 unspecified atom stereocenters. The first kappa shape index (κ1) is 14.9. The number of thiazole rings is 1. The quantitative estimate of drug-likeness (QED) is 0.832. The second-order valence-corrected chi connectivity index (χ2v) is 5.44. The van der Waals surface area contributed by atoms with Gasteiger partial charge in [0.1, 0.15) is 0 Å². The van der Waals surface area contributed by atoms with Gasteiger partial charge in [-0.25, -0.2) is 4.98 Å². The van der Waals surface area contributed by atoms with Gasteiger partial charge in [-0.3, -0.25) is 9.59 Å². The monoisotopic (exact) mass is 302 g/mol. The van der Waals surface area contributed by atoms with Crippen molar-refractivity contribution < 1.29 is 14.7 Å². The molecule has 2 aromatic rings. The van der Waals surface area contributed by atoms with Crippen LogP contribution in [0.1, 0.15) is 16.3 Å². The predicted molar refractivity (Wildman–Crippen MR) is 82.3 cm³/mol. The normalized spacial score (nSPS) is 10.7. The lowest BCUT2D eigenvalue weighted by molar-refractivity contribution is -0.136. The number of hydrogen-bond acceptors (Lipinski definition) is 4. The van der Waals surface area contributed by atoms with E-state index in [2.05, 4.69) is 10.3 Å². The molecular weight excluding hydrogens is 288 g/mol. The molecule has 1 aromatic carbocycles. The highest BCUT2D eigenvalue weighted by Crippen LogP contribution is 2.11. The number of anilines is 1. The average molecular weight is 302 g/mol. The van der Waals surface area contributed by atoms with Gasteiger partial charge in [0.25, 0.3) is 0 Å². The molecule has 0 aliphatic heterocycles. The van der Waals surface area contributed by atoms with Crippen molar-refractivity contribution in [2.45, 2.75) is 13.3 Å². The first-order chi connectivity index (χ1) is 10.0. The molecule has 6 heteroatoms. The van der Waals surface area contributed by atoms with Crippen molar-refractivity contribution in [1.82, 2.24) is 4.98 Å². The van der Waals surface area contributed by atoms with Crippen LogP contribution in [0.2, 0.25) is 0 Å². The summed E-state index contributed by atoms with van der Waals surface area (Å²) in [6, 6.07) is 6.71. The standard InChI is InChI=1S/C15H14N2O3S/c1-10-16-13(9-21-10)6-7-14(18)17-12-4-2-11(3-5-12)8-15(19)20/h2-7,9H,8H2,1H3,(H,17,18)(H,19,20)/b7-6+. The lowest BCUT2D eigenvalue weighted by atomic mass is 10.1. The largest absolute Gasteiger partial charge is 0.481 e. The molecule has 1 aromatic heterocycles. The molecular formula is C15H14N2O3S. The summed E-state index contributed by atoms with van der Waals surface area (Å²) in [6.45, 7) is 1.90. The van der Waals surface area contributed by atoms with Gasteiger partial charge in [0.15, 0.2) is 0 Å². The summed E-state index contributed by atoms with van der Waals surface area (Å²) in [7, 11) is 0. The molecule has 0 saturated heterocycles. The van der Waals surface area contributed by atoms with Crippen molar-refractivity contribution in [2.24, 2.45) is 0 Å². The van der Waals surface area contributed by atoms with E-state index >= 15 is 0 Å². The molecule has 5 nitrogen and oxygen atoms in total. The molecule has 21 heavy (non-hydrogen) atoms. The molecule has 2 N–H and O–H groups in total. The predicted octanol–water partition coefficient (Wildman–Crippen LogP) is 2.73. The van der Waals surface area contributed by atoms with Crippen molar-refractivity contribution >= 4 is 35.0 Å². The molecule has 0 atom stereocenters. The molecule has 0 radical (unpaired) electrons. The van der Waals surface area contributed by atoms with Gasteiger partial charge in [-0.05, 0) is 30.7 Å². The number of aromatic nitrogens is 1. The number of rotatable bonds is 5. The molecule has 1 amide bonds. The van der Waals surface area contributed by atoms with Crippen LogP contribution in [-0.4, -0.2) is 22.0 Å². The summed E-state index contributed by atoms with van der Waals surface area (Å²) < 4.78 is 0. The van der Waals surface area contributed by atoms with E-state index < -0.39 is 5.97 Å². The average Bonchev–Trinajstić information content (AvgIpc) is 2.84. The third-order valence-electron chi connectivity index (χ3n) is 2.62. The zero-order valence-electron chi connectivity index (χ0n) is 11.4. The number of carboxylic acids is 1. The van der Waals surface area contributed by atoms with E-state index in [9.17, 15) is 9.59 Å². The number of nitrogens with zero attached hydrogens (tertiary/aromatic N) is 1. The maximum Gasteiger partial charge on any atom is 0.307 e. The van der Waals surface area contributed by atoms with E-state index in [-0.39, 0.29) is 12.3 Å². The second-order valence-electron chi connectivity index (χ2n) is 4.38. The lowest BCUT2D eigenvalue weighted by Gasteiger charge is -2.03. The minimum Gasteiger partial charge on any atom is -0.481 e. The van der Waals surface area contributed by atoms with Crippen LogP contribution in [-0.2, 0) is 16.0 Å². The number of nitrogens with one attached hydrogen (secondary N) is 1. The van der Waals surface area contributed by atoms with Gasteiger partial charge >= 0.3 is 5.97 Å². The van der Waals surface area contributed by atoms with Crippen molar-refractivity contribution in [3.63, 3.8) is 0 Å². The Hall–Kier alpha value is -2.47. The van der Waals surface area contributed by atoms with Gasteiger partial charge < -0.3 is 10.4 Å². The van der Waals surface area contributed by atoms with Crippen LogP contribution in [0.4, 0.5) is 5.69 Å². The Morgan fingerprint density at radius 3 is 2.62 bits per heavy atom. The maximum atomic E-state index is 11.7. The van der Waals surface area contributed by atoms with E-state index in [1.165, 1.54) is 17.4 Å². The van der Waals surface area contributed by atoms with Crippen LogP contribution in [0.5, 0.6) is 0 Å². The number of carbonyl (C=O) groups is 2. The smallest absolute Gasteiger partial charge is 0.307 e. The molecule has 2 rings (SSSR count). The fourth-order valence-corrected chi connectivity index (χ4v) is 2.26. The Morgan fingerprint density at radius 2 is 2.05 bits per heavy atom. The molecule has 0 aliphatic rings. The Balaban J connectivity index is 1.93. The highest BCUT2D eigenvalue weighted by Gasteiger charge is 2.02. The van der Waals surface area contributed by atoms with E-state index in [1.54, 1.807) is 30.3 Å².